The number of ether oxygens (including phenoxy) is 1. The second-order valence-corrected chi connectivity index (χ2v) is 4.69. The summed E-state index contributed by atoms with van der Waals surface area (Å²) in [5, 5.41) is 5.96. The Labute approximate surface area is 125 Å². The summed E-state index contributed by atoms with van der Waals surface area (Å²) >= 11 is 0. The van der Waals surface area contributed by atoms with E-state index in [9.17, 15) is 4.79 Å². The second kappa shape index (κ2) is 8.07. The first-order valence-electron chi connectivity index (χ1n) is 6.99. The van der Waals surface area contributed by atoms with E-state index in [0.29, 0.717) is 13.0 Å². The normalized spacial score (nSPS) is 10.1. The molecule has 0 aliphatic carbocycles. The lowest BCUT2D eigenvalue weighted by molar-refractivity contribution is -0.116. The average molecular weight is 284 g/mol. The van der Waals surface area contributed by atoms with Gasteiger partial charge in [0.15, 0.2) is 0 Å². The van der Waals surface area contributed by atoms with E-state index >= 15 is 0 Å². The molecule has 0 atom stereocenters. The van der Waals surface area contributed by atoms with Gasteiger partial charge in [-0.25, -0.2) is 0 Å². The average Bonchev–Trinajstić information content (AvgIpc) is 2.49. The van der Waals surface area contributed by atoms with Crippen molar-refractivity contribution in [2.75, 3.05) is 19.0 Å². The van der Waals surface area contributed by atoms with E-state index < -0.39 is 0 Å². The fourth-order valence-electron chi connectivity index (χ4n) is 1.96. The number of anilines is 1. The van der Waals surface area contributed by atoms with Gasteiger partial charge in [0.1, 0.15) is 5.75 Å². The van der Waals surface area contributed by atoms with Gasteiger partial charge >= 0.3 is 0 Å². The summed E-state index contributed by atoms with van der Waals surface area (Å²) in [5.74, 6) is 0.730. The van der Waals surface area contributed by atoms with Crippen LogP contribution in [-0.4, -0.2) is 19.6 Å². The van der Waals surface area contributed by atoms with Crippen LogP contribution in [-0.2, 0) is 11.3 Å². The molecule has 0 spiro atoms. The molecule has 0 radical (unpaired) electrons. The predicted molar refractivity (Wildman–Crippen MR) is 84.4 cm³/mol. The maximum atomic E-state index is 11.9. The topological polar surface area (TPSA) is 50.4 Å². The first-order valence-corrected chi connectivity index (χ1v) is 6.99. The van der Waals surface area contributed by atoms with Crippen LogP contribution in [0.2, 0.25) is 0 Å². The molecule has 0 aromatic heterocycles. The Kier molecular flexibility index (Phi) is 5.79. The number of benzene rings is 2. The molecule has 2 aromatic rings. The number of para-hydroxylation sites is 1. The molecule has 0 unspecified atom stereocenters. The third-order valence-electron chi connectivity index (χ3n) is 2.93. The summed E-state index contributed by atoms with van der Waals surface area (Å²) in [6.45, 7) is 1.15. The summed E-state index contributed by atoms with van der Waals surface area (Å²) in [7, 11) is 1.90. The number of rotatable bonds is 7. The standard InChI is InChI=1S/C17H20N2O2/c1-18-13-14-6-5-7-15(12-14)19-17(20)10-11-21-16-8-3-2-4-9-16/h2-9,12,18H,10-11,13H2,1H3,(H,19,20). The summed E-state index contributed by atoms with van der Waals surface area (Å²) in [4.78, 5) is 11.9. The molecular formula is C17H20N2O2. The highest BCUT2D eigenvalue weighted by molar-refractivity contribution is 5.90. The van der Waals surface area contributed by atoms with Crippen molar-refractivity contribution in [3.8, 4) is 5.75 Å². The molecule has 0 heterocycles. The molecule has 2 aromatic carbocycles. The lowest BCUT2D eigenvalue weighted by Gasteiger charge is -2.08. The van der Waals surface area contributed by atoms with Crippen molar-refractivity contribution in [1.29, 1.82) is 0 Å². The highest BCUT2D eigenvalue weighted by Crippen LogP contribution is 2.12. The summed E-state index contributed by atoms with van der Waals surface area (Å²) in [5.41, 5.74) is 1.95. The number of nitrogens with one attached hydrogen (secondary N) is 2. The third kappa shape index (κ3) is 5.28. The quantitative estimate of drug-likeness (QED) is 0.822. The zero-order valence-corrected chi connectivity index (χ0v) is 12.1. The molecular weight excluding hydrogens is 264 g/mol. The highest BCUT2D eigenvalue weighted by Gasteiger charge is 2.03. The van der Waals surface area contributed by atoms with Gasteiger partial charge in [-0.3, -0.25) is 4.79 Å². The molecule has 4 nitrogen and oxygen atoms in total. The molecule has 2 N–H and O–H groups in total. The van der Waals surface area contributed by atoms with Gasteiger partial charge in [0.25, 0.3) is 0 Å². The zero-order chi connectivity index (χ0) is 14.9. The molecule has 1 amide bonds. The Balaban J connectivity index is 1.78. The van der Waals surface area contributed by atoms with Gasteiger partial charge in [-0.05, 0) is 36.9 Å². The lowest BCUT2D eigenvalue weighted by atomic mass is 10.2. The van der Waals surface area contributed by atoms with Crippen molar-refractivity contribution in [2.24, 2.45) is 0 Å². The van der Waals surface area contributed by atoms with E-state index in [-0.39, 0.29) is 5.91 Å². The monoisotopic (exact) mass is 284 g/mol. The van der Waals surface area contributed by atoms with Crippen molar-refractivity contribution >= 4 is 11.6 Å². The second-order valence-electron chi connectivity index (χ2n) is 4.69. The third-order valence-corrected chi connectivity index (χ3v) is 2.93. The Morgan fingerprint density at radius 3 is 2.67 bits per heavy atom. The van der Waals surface area contributed by atoms with Crippen molar-refractivity contribution in [3.05, 3.63) is 60.2 Å². The molecule has 0 bridgehead atoms. The van der Waals surface area contributed by atoms with Crippen LogP contribution in [0.5, 0.6) is 5.75 Å². The molecule has 110 valence electrons. The van der Waals surface area contributed by atoms with E-state index in [1.807, 2.05) is 61.6 Å². The Hall–Kier alpha value is -2.33. The van der Waals surface area contributed by atoms with Crippen LogP contribution in [0.25, 0.3) is 0 Å². The van der Waals surface area contributed by atoms with Crippen molar-refractivity contribution in [1.82, 2.24) is 5.32 Å². The van der Waals surface area contributed by atoms with Crippen LogP contribution in [0.1, 0.15) is 12.0 Å². The molecule has 2 rings (SSSR count). The minimum absolute atomic E-state index is 0.0486. The van der Waals surface area contributed by atoms with Gasteiger partial charge in [0.2, 0.25) is 5.91 Å². The molecule has 0 aliphatic rings. The zero-order valence-electron chi connectivity index (χ0n) is 12.1. The Bertz CT molecular complexity index is 570. The molecule has 0 saturated carbocycles. The molecule has 0 aliphatic heterocycles. The van der Waals surface area contributed by atoms with Gasteiger partial charge in [-0.2, -0.15) is 0 Å². The van der Waals surface area contributed by atoms with Crippen molar-refractivity contribution < 1.29 is 9.53 Å². The van der Waals surface area contributed by atoms with Crippen LogP contribution in [0, 0.1) is 0 Å². The van der Waals surface area contributed by atoms with E-state index in [1.165, 1.54) is 0 Å². The molecule has 0 saturated heterocycles. The van der Waals surface area contributed by atoms with Gasteiger partial charge in [-0.15, -0.1) is 0 Å². The predicted octanol–water partition coefficient (Wildman–Crippen LogP) is 2.81. The first kappa shape index (κ1) is 15.1. The van der Waals surface area contributed by atoms with E-state index in [2.05, 4.69) is 10.6 Å². The maximum absolute atomic E-state index is 11.9. The summed E-state index contributed by atoms with van der Waals surface area (Å²) in [6, 6.07) is 17.3. The van der Waals surface area contributed by atoms with Gasteiger partial charge in [0, 0.05) is 12.2 Å². The lowest BCUT2D eigenvalue weighted by Crippen LogP contribution is -2.15. The number of carbonyl (C=O) groups excluding carboxylic acids is 1. The minimum Gasteiger partial charge on any atom is -0.493 e. The number of carbonyl (C=O) groups is 1. The number of amides is 1. The SMILES string of the molecule is CNCc1cccc(NC(=O)CCOc2ccccc2)c1. The van der Waals surface area contributed by atoms with Gasteiger partial charge in [0.05, 0.1) is 13.0 Å². The number of hydrogen-bond acceptors (Lipinski definition) is 3. The van der Waals surface area contributed by atoms with E-state index in [4.69, 9.17) is 4.74 Å². The van der Waals surface area contributed by atoms with Crippen molar-refractivity contribution in [2.45, 2.75) is 13.0 Å². The largest absolute Gasteiger partial charge is 0.493 e. The first-order chi connectivity index (χ1) is 10.3. The minimum atomic E-state index is -0.0486. The summed E-state index contributed by atoms with van der Waals surface area (Å²) < 4.78 is 5.51. The Morgan fingerprint density at radius 2 is 1.90 bits per heavy atom. The van der Waals surface area contributed by atoms with Crippen LogP contribution < -0.4 is 15.4 Å². The van der Waals surface area contributed by atoms with Crippen LogP contribution >= 0.6 is 0 Å². The van der Waals surface area contributed by atoms with Crippen molar-refractivity contribution in [3.63, 3.8) is 0 Å². The maximum Gasteiger partial charge on any atom is 0.227 e. The molecule has 0 fully saturated rings. The van der Waals surface area contributed by atoms with Crippen LogP contribution in [0.15, 0.2) is 54.6 Å². The molecule has 21 heavy (non-hydrogen) atoms. The molecule has 4 heteroatoms. The van der Waals surface area contributed by atoms with E-state index in [0.717, 1.165) is 23.5 Å². The fraction of sp³-hybridized carbons (Fsp3) is 0.235. The number of hydrogen-bond donors (Lipinski definition) is 2. The van der Waals surface area contributed by atoms with Crippen LogP contribution in [0.3, 0.4) is 0 Å². The Morgan fingerprint density at radius 1 is 1.10 bits per heavy atom. The van der Waals surface area contributed by atoms with E-state index in [1.54, 1.807) is 0 Å². The van der Waals surface area contributed by atoms with Crippen LogP contribution in [0.4, 0.5) is 5.69 Å². The van der Waals surface area contributed by atoms with Gasteiger partial charge < -0.3 is 15.4 Å². The fourth-order valence-corrected chi connectivity index (χ4v) is 1.96. The summed E-state index contributed by atoms with van der Waals surface area (Å²) in [6.07, 6.45) is 0.325. The smallest absolute Gasteiger partial charge is 0.227 e. The highest BCUT2D eigenvalue weighted by atomic mass is 16.5. The van der Waals surface area contributed by atoms with Gasteiger partial charge in [-0.1, -0.05) is 30.3 Å².